The molecule has 1 aromatic heterocycles. The second kappa shape index (κ2) is 7.24. The molecule has 0 aliphatic rings. The van der Waals surface area contributed by atoms with Crippen molar-refractivity contribution >= 4 is 12.6 Å². The number of hydrogen-bond acceptors (Lipinski definition) is 5. The number of aromatic amines is 1. The van der Waals surface area contributed by atoms with Crippen molar-refractivity contribution in [2.24, 2.45) is 0 Å². The molecule has 5 nitrogen and oxygen atoms in total. The van der Waals surface area contributed by atoms with E-state index < -0.39 is 0 Å². The molecule has 0 bridgehead atoms. The molecule has 148 valence electrons. The van der Waals surface area contributed by atoms with Gasteiger partial charge in [0, 0.05) is 5.56 Å². The number of nitrogens with zero attached hydrogens (tertiary/aromatic N) is 3. The highest BCUT2D eigenvalue weighted by Gasteiger charge is 2.28. The molecule has 0 saturated carbocycles. The molecular formula is C22H28N4OS. The van der Waals surface area contributed by atoms with E-state index in [1.54, 1.807) is 0 Å². The Hall–Kier alpha value is -2.34. The zero-order valence-electron chi connectivity index (χ0n) is 17.3. The molecule has 0 aliphatic carbocycles. The second-order valence-corrected chi connectivity index (χ2v) is 9.74. The van der Waals surface area contributed by atoms with E-state index in [0.29, 0.717) is 11.6 Å². The average Bonchev–Trinajstić information content (AvgIpc) is 3.14. The minimum absolute atomic E-state index is 0.144. The van der Waals surface area contributed by atoms with Crippen molar-refractivity contribution < 1.29 is 5.11 Å². The minimum Gasteiger partial charge on any atom is -0.507 e. The van der Waals surface area contributed by atoms with E-state index in [1.165, 1.54) is 0 Å². The van der Waals surface area contributed by atoms with Gasteiger partial charge in [-0.15, -0.1) is 10.2 Å². The molecule has 0 radical (unpaired) electrons. The molecule has 0 saturated heterocycles. The maximum absolute atomic E-state index is 11.0. The van der Waals surface area contributed by atoms with E-state index in [1.807, 2.05) is 24.3 Å². The summed E-state index contributed by atoms with van der Waals surface area (Å²) in [4.78, 5) is 0. The fourth-order valence-corrected chi connectivity index (χ4v) is 3.59. The first-order valence-corrected chi connectivity index (χ1v) is 9.90. The Morgan fingerprint density at radius 2 is 1.54 bits per heavy atom. The number of H-pyrrole nitrogens is 1. The summed E-state index contributed by atoms with van der Waals surface area (Å²) in [6.07, 6.45) is 0. The van der Waals surface area contributed by atoms with E-state index in [0.717, 1.165) is 27.8 Å². The van der Waals surface area contributed by atoms with Gasteiger partial charge in [-0.1, -0.05) is 71.9 Å². The summed E-state index contributed by atoms with van der Waals surface area (Å²) in [6.45, 7) is 12.7. The van der Waals surface area contributed by atoms with Crippen LogP contribution in [0.15, 0.2) is 36.4 Å². The summed E-state index contributed by atoms with van der Waals surface area (Å²) in [5.74, 6) is 0.934. The number of hydrogen-bond donors (Lipinski definition) is 3. The van der Waals surface area contributed by atoms with Crippen LogP contribution in [0, 0.1) is 0 Å². The molecule has 2 aromatic carbocycles. The molecule has 0 spiro atoms. The lowest BCUT2D eigenvalue weighted by Gasteiger charge is -2.29. The van der Waals surface area contributed by atoms with Gasteiger partial charge in [0.25, 0.3) is 0 Å². The molecule has 0 amide bonds. The second-order valence-electron chi connectivity index (χ2n) is 9.23. The van der Waals surface area contributed by atoms with Gasteiger partial charge >= 0.3 is 0 Å². The highest BCUT2D eigenvalue weighted by Crippen LogP contribution is 2.43. The van der Waals surface area contributed by atoms with E-state index in [2.05, 4.69) is 74.3 Å². The summed E-state index contributed by atoms with van der Waals surface area (Å²) >= 11 is 4.93. The summed E-state index contributed by atoms with van der Waals surface area (Å²) in [6, 6.07) is 12.1. The van der Waals surface area contributed by atoms with Gasteiger partial charge in [0.15, 0.2) is 0 Å². The highest BCUT2D eigenvalue weighted by molar-refractivity contribution is 7.80. The molecule has 2 N–H and O–H groups in total. The Balaban J connectivity index is 2.12. The van der Waals surface area contributed by atoms with E-state index in [-0.39, 0.29) is 16.1 Å². The van der Waals surface area contributed by atoms with Gasteiger partial charge in [-0.25, -0.2) is 0 Å². The Bertz CT molecular complexity index is 934. The smallest absolute Gasteiger partial charge is 0.204 e. The van der Waals surface area contributed by atoms with Gasteiger partial charge in [0.2, 0.25) is 5.82 Å². The number of nitrogens with one attached hydrogen (secondary N) is 1. The fraction of sp³-hybridized carbons (Fsp3) is 0.409. The monoisotopic (exact) mass is 396 g/mol. The number of tetrazole rings is 1. The van der Waals surface area contributed by atoms with E-state index in [9.17, 15) is 5.11 Å². The summed E-state index contributed by atoms with van der Waals surface area (Å²) < 4.78 is 0. The number of aromatic hydroxyl groups is 1. The van der Waals surface area contributed by atoms with Crippen LogP contribution < -0.4 is 0 Å². The SMILES string of the molecule is CC(C)(C)c1cc(C(S)c2cccc(-c3nn[nH]n3)c2)cc(C(C)(C)C)c1O. The first kappa shape index (κ1) is 20.4. The van der Waals surface area contributed by atoms with Crippen molar-refractivity contribution in [3.8, 4) is 17.1 Å². The van der Waals surface area contributed by atoms with Gasteiger partial charge < -0.3 is 5.11 Å². The number of benzene rings is 2. The summed E-state index contributed by atoms with van der Waals surface area (Å²) in [5, 5.41) is 25.0. The van der Waals surface area contributed by atoms with Gasteiger partial charge in [-0.05, 0) is 44.4 Å². The first-order chi connectivity index (χ1) is 13.0. The van der Waals surface area contributed by atoms with Crippen molar-refractivity contribution in [3.63, 3.8) is 0 Å². The quantitative estimate of drug-likeness (QED) is 0.533. The number of rotatable bonds is 3. The number of thiol groups is 1. The van der Waals surface area contributed by atoms with Crippen LogP contribution in [0.1, 0.15) is 69.0 Å². The van der Waals surface area contributed by atoms with Crippen LogP contribution in [0.25, 0.3) is 11.4 Å². The molecule has 3 aromatic rings. The standard InChI is InChI=1S/C22H28N4OS/c1-21(2,3)16-11-15(12-17(18(16)27)22(4,5)6)19(28)13-8-7-9-14(10-13)20-23-25-26-24-20/h7-12,19,27-28H,1-6H3,(H,23,24,25,26). The van der Waals surface area contributed by atoms with Crippen molar-refractivity contribution in [2.45, 2.75) is 57.6 Å². The van der Waals surface area contributed by atoms with Crippen LogP contribution >= 0.6 is 12.6 Å². The van der Waals surface area contributed by atoms with Crippen LogP contribution in [-0.2, 0) is 10.8 Å². The lowest BCUT2D eigenvalue weighted by atomic mass is 9.78. The molecule has 1 heterocycles. The third-order valence-corrected chi connectivity index (χ3v) is 5.47. The van der Waals surface area contributed by atoms with Crippen LogP contribution in [0.5, 0.6) is 5.75 Å². The van der Waals surface area contributed by atoms with Crippen molar-refractivity contribution in [2.75, 3.05) is 0 Å². The van der Waals surface area contributed by atoms with Gasteiger partial charge in [0.05, 0.1) is 5.25 Å². The van der Waals surface area contributed by atoms with Gasteiger partial charge in [-0.3, -0.25) is 0 Å². The average molecular weight is 397 g/mol. The molecule has 1 unspecified atom stereocenters. The maximum atomic E-state index is 11.0. The fourth-order valence-electron chi connectivity index (χ4n) is 3.28. The first-order valence-electron chi connectivity index (χ1n) is 9.38. The van der Waals surface area contributed by atoms with Crippen molar-refractivity contribution in [3.05, 3.63) is 58.7 Å². The summed E-state index contributed by atoms with van der Waals surface area (Å²) in [7, 11) is 0. The van der Waals surface area contributed by atoms with Crippen LogP contribution in [-0.4, -0.2) is 25.7 Å². The number of phenols is 1. The molecule has 3 rings (SSSR count). The highest BCUT2D eigenvalue weighted by atomic mass is 32.1. The van der Waals surface area contributed by atoms with E-state index in [4.69, 9.17) is 12.6 Å². The minimum atomic E-state index is -0.180. The predicted octanol–water partition coefficient (Wildman–Crippen LogP) is 5.19. The Labute approximate surface area is 172 Å². The lowest BCUT2D eigenvalue weighted by molar-refractivity contribution is 0.423. The summed E-state index contributed by atoms with van der Waals surface area (Å²) in [5.41, 5.74) is 4.49. The van der Waals surface area contributed by atoms with E-state index >= 15 is 0 Å². The molecular weight excluding hydrogens is 368 g/mol. The zero-order valence-corrected chi connectivity index (χ0v) is 18.2. The zero-order chi connectivity index (χ0) is 20.7. The third-order valence-electron chi connectivity index (χ3n) is 4.87. The van der Waals surface area contributed by atoms with Crippen LogP contribution in [0.4, 0.5) is 0 Å². The van der Waals surface area contributed by atoms with Gasteiger partial charge in [-0.2, -0.15) is 17.8 Å². The molecule has 6 heteroatoms. The molecule has 0 fully saturated rings. The maximum Gasteiger partial charge on any atom is 0.204 e. The Kier molecular flexibility index (Phi) is 5.28. The molecule has 28 heavy (non-hydrogen) atoms. The Morgan fingerprint density at radius 3 is 2.04 bits per heavy atom. The molecule has 0 aliphatic heterocycles. The third kappa shape index (κ3) is 4.07. The topological polar surface area (TPSA) is 74.7 Å². The lowest BCUT2D eigenvalue weighted by Crippen LogP contribution is -2.18. The molecule has 1 atom stereocenters. The van der Waals surface area contributed by atoms with Crippen LogP contribution in [0.2, 0.25) is 0 Å². The Morgan fingerprint density at radius 1 is 0.929 bits per heavy atom. The predicted molar refractivity (Wildman–Crippen MR) is 116 cm³/mol. The van der Waals surface area contributed by atoms with Crippen molar-refractivity contribution in [1.29, 1.82) is 0 Å². The normalized spacial score (nSPS) is 13.5. The van der Waals surface area contributed by atoms with Gasteiger partial charge in [0.1, 0.15) is 5.75 Å². The number of phenolic OH excluding ortho intramolecular Hbond substituents is 1. The van der Waals surface area contributed by atoms with Crippen molar-refractivity contribution in [1.82, 2.24) is 20.6 Å². The van der Waals surface area contributed by atoms with Crippen LogP contribution in [0.3, 0.4) is 0 Å². The number of aromatic nitrogens is 4. The largest absolute Gasteiger partial charge is 0.507 e.